The van der Waals surface area contributed by atoms with E-state index < -0.39 is 0 Å². The van der Waals surface area contributed by atoms with Crippen LogP contribution in [0.2, 0.25) is 0 Å². The molecular weight excluding hydrogens is 679 g/mol. The summed E-state index contributed by atoms with van der Waals surface area (Å²) in [5, 5.41) is 2.04. The number of hydrogen-bond acceptors (Lipinski definition) is 5. The number of aryl methyl sites for hydroxylation is 2. The molecule has 6 rings (SSSR count). The zero-order valence-corrected chi connectivity index (χ0v) is 25.4. The first kappa shape index (κ1) is 28.4. The summed E-state index contributed by atoms with van der Waals surface area (Å²) in [6.07, 6.45) is 3.73. The van der Waals surface area contributed by atoms with Crippen LogP contribution < -0.4 is 0 Å². The van der Waals surface area contributed by atoms with Crippen LogP contribution in [0, 0.1) is 26.0 Å². The molecule has 1 radical (unpaired) electrons. The monoisotopic (exact) mass is 706 g/mol. The Morgan fingerprint density at radius 2 is 1.59 bits per heavy atom. The maximum atomic E-state index is 6.03. The van der Waals surface area contributed by atoms with Gasteiger partial charge in [0.25, 0.3) is 0 Å². The van der Waals surface area contributed by atoms with Crippen LogP contribution in [0.1, 0.15) is 30.7 Å². The summed E-state index contributed by atoms with van der Waals surface area (Å²) in [4.78, 5) is 14.4. The van der Waals surface area contributed by atoms with E-state index in [0.717, 1.165) is 60.6 Å². The van der Waals surface area contributed by atoms with Crippen molar-refractivity contribution in [2.75, 3.05) is 0 Å². The molecule has 0 spiro atoms. The molecule has 197 valence electrons. The molecule has 0 saturated carbocycles. The molecule has 0 unspecified atom stereocenters. The van der Waals surface area contributed by atoms with E-state index in [1.807, 2.05) is 101 Å². The van der Waals surface area contributed by atoms with Gasteiger partial charge in [0, 0.05) is 43.6 Å². The first-order valence-electron chi connectivity index (χ1n) is 12.3. The average Bonchev–Trinajstić information content (AvgIpc) is 3.31. The van der Waals surface area contributed by atoms with Crippen molar-refractivity contribution < 1.29 is 24.5 Å². The molecule has 4 aromatic heterocycles. The number of nitrogens with zero attached hydrogens (tertiary/aromatic N) is 3. The second-order valence-electron chi connectivity index (χ2n) is 9.14. The second kappa shape index (κ2) is 12.5. The van der Waals surface area contributed by atoms with Gasteiger partial charge < -0.3 is 14.4 Å². The average molecular weight is 706 g/mol. The second-order valence-corrected chi connectivity index (χ2v) is 9.81. The van der Waals surface area contributed by atoms with Crippen LogP contribution in [0.5, 0.6) is 0 Å². The summed E-state index contributed by atoms with van der Waals surface area (Å²) >= 11 is 4.41. The van der Waals surface area contributed by atoms with E-state index in [9.17, 15) is 0 Å². The van der Waals surface area contributed by atoms with Crippen LogP contribution in [0.15, 0.2) is 94.5 Å². The van der Waals surface area contributed by atoms with Crippen molar-refractivity contribution in [2.24, 2.45) is 0 Å². The Morgan fingerprint density at radius 1 is 0.795 bits per heavy atom. The van der Waals surface area contributed by atoms with E-state index in [1.54, 1.807) is 0 Å². The fourth-order valence-electron chi connectivity index (χ4n) is 4.06. The van der Waals surface area contributed by atoms with Gasteiger partial charge in [-0.05, 0) is 72.8 Å². The van der Waals surface area contributed by atoms with E-state index in [4.69, 9.17) is 4.42 Å². The molecule has 6 heteroatoms. The Morgan fingerprint density at radius 3 is 2.26 bits per heavy atom. The van der Waals surface area contributed by atoms with Crippen LogP contribution in [-0.4, -0.2) is 15.0 Å². The number of allylic oxidation sites excluding steroid dienone is 2. The molecule has 0 saturated heterocycles. The first-order chi connectivity index (χ1) is 18.4. The Hall–Kier alpha value is -3.57. The molecule has 0 aliphatic carbocycles. The predicted octanol–water partition coefficient (Wildman–Crippen LogP) is 8.69. The number of rotatable bonds is 3. The summed E-state index contributed by atoms with van der Waals surface area (Å²) < 4.78 is 6.03. The van der Waals surface area contributed by atoms with Crippen LogP contribution in [0.4, 0.5) is 0 Å². The molecule has 6 aromatic rings. The van der Waals surface area contributed by atoms with Crippen LogP contribution in [-0.2, 0) is 20.1 Å². The Labute approximate surface area is 248 Å². The third-order valence-electron chi connectivity index (χ3n) is 6.33. The molecule has 0 bridgehead atoms. The molecule has 0 atom stereocenters. The largest absolute Gasteiger partial charge is 0.486 e. The van der Waals surface area contributed by atoms with Gasteiger partial charge in [-0.2, -0.15) is 0 Å². The predicted molar refractivity (Wildman–Crippen MR) is 159 cm³/mol. The van der Waals surface area contributed by atoms with E-state index in [1.165, 1.54) is 5.56 Å². The number of fused-ring (bicyclic) bond motifs is 3. The third kappa shape index (κ3) is 6.36. The summed E-state index contributed by atoms with van der Waals surface area (Å²) in [5.41, 5.74) is 9.42. The fraction of sp³-hybridized carbons (Fsp3) is 0.121. The molecule has 0 aliphatic heterocycles. The van der Waals surface area contributed by atoms with Gasteiger partial charge in [0.05, 0.1) is 5.58 Å². The minimum atomic E-state index is 0. The molecule has 0 aliphatic rings. The van der Waals surface area contributed by atoms with Crippen molar-refractivity contribution in [3.05, 3.63) is 119 Å². The molecule has 39 heavy (non-hydrogen) atoms. The zero-order chi connectivity index (χ0) is 26.6. The fourth-order valence-corrected chi connectivity index (χ4v) is 4.19. The van der Waals surface area contributed by atoms with Crippen molar-refractivity contribution in [1.82, 2.24) is 15.0 Å². The van der Waals surface area contributed by atoms with E-state index >= 15 is 0 Å². The standard InChI is InChI=1S/C21H17N2OS.C12H10N.Ir/c1-12-7-9-17-16-5-4-6-18(20(16)24-21(17)23-12)19-10-8-15(11-22-19)13(2)14(3)25;1-10-7-8-12(13-9-10)11-5-3-2-4-6-11;/h4-5,7-11,25H,1-3H3;2-5,7-9H,1H3;/q2*-1;/b14-13-;;. The summed E-state index contributed by atoms with van der Waals surface area (Å²) in [6, 6.07) is 30.3. The Bertz CT molecular complexity index is 1740. The number of thiol groups is 1. The van der Waals surface area contributed by atoms with Gasteiger partial charge in [0.1, 0.15) is 0 Å². The normalized spacial score (nSPS) is 11.4. The number of furan rings is 1. The smallest absolute Gasteiger partial charge is 0.216 e. The van der Waals surface area contributed by atoms with Gasteiger partial charge >= 0.3 is 0 Å². The zero-order valence-electron chi connectivity index (χ0n) is 22.1. The molecule has 0 amide bonds. The summed E-state index contributed by atoms with van der Waals surface area (Å²) in [5.74, 6) is 0. The van der Waals surface area contributed by atoms with E-state index in [-0.39, 0.29) is 20.1 Å². The van der Waals surface area contributed by atoms with E-state index in [2.05, 4.69) is 51.8 Å². The van der Waals surface area contributed by atoms with Crippen molar-refractivity contribution >= 4 is 40.3 Å². The number of benzene rings is 2. The maximum absolute atomic E-state index is 6.03. The molecule has 4 heterocycles. The maximum Gasteiger partial charge on any atom is 0.216 e. The quantitative estimate of drug-likeness (QED) is 0.148. The third-order valence-corrected chi connectivity index (χ3v) is 6.66. The minimum Gasteiger partial charge on any atom is -0.486 e. The van der Waals surface area contributed by atoms with Gasteiger partial charge in [0.15, 0.2) is 0 Å². The molecule has 4 nitrogen and oxygen atoms in total. The summed E-state index contributed by atoms with van der Waals surface area (Å²) in [6.45, 7) is 8.01. The van der Waals surface area contributed by atoms with Gasteiger partial charge in [-0.3, -0.25) is 0 Å². The van der Waals surface area contributed by atoms with Crippen molar-refractivity contribution in [1.29, 1.82) is 0 Å². The Balaban J connectivity index is 0.000000213. The number of pyridine rings is 3. The SMILES string of the molecule is C/C(S)=C(\C)c1ccc(-c2[c-]ccc3c2oc2nc(C)ccc23)nc1.Cc1ccc(-c2[c-]cccc2)nc1.[Ir]. The molecule has 2 aromatic carbocycles. The van der Waals surface area contributed by atoms with Crippen LogP contribution in [0.3, 0.4) is 0 Å². The minimum absolute atomic E-state index is 0. The van der Waals surface area contributed by atoms with Crippen LogP contribution in [0.25, 0.3) is 50.2 Å². The van der Waals surface area contributed by atoms with Gasteiger partial charge in [0.2, 0.25) is 5.71 Å². The van der Waals surface area contributed by atoms with Gasteiger partial charge in [-0.25, -0.2) is 4.98 Å². The first-order valence-corrected chi connectivity index (χ1v) is 12.8. The number of aromatic nitrogens is 3. The van der Waals surface area contributed by atoms with Crippen LogP contribution >= 0.6 is 12.6 Å². The molecular formula is C33H27IrN3OS-2. The Kier molecular flexibility index (Phi) is 9.13. The van der Waals surface area contributed by atoms with Crippen molar-refractivity contribution in [3.8, 4) is 22.5 Å². The van der Waals surface area contributed by atoms with Gasteiger partial charge in [-0.1, -0.05) is 35.2 Å². The van der Waals surface area contributed by atoms with Crippen molar-refractivity contribution in [2.45, 2.75) is 27.7 Å². The number of hydrogen-bond donors (Lipinski definition) is 1. The summed E-state index contributed by atoms with van der Waals surface area (Å²) in [7, 11) is 0. The van der Waals surface area contributed by atoms with E-state index in [0.29, 0.717) is 5.71 Å². The molecule has 0 fully saturated rings. The van der Waals surface area contributed by atoms with Gasteiger partial charge in [-0.15, -0.1) is 66.7 Å². The van der Waals surface area contributed by atoms with Crippen molar-refractivity contribution in [3.63, 3.8) is 0 Å². The molecule has 0 N–H and O–H groups in total. The topological polar surface area (TPSA) is 51.8 Å².